The molecule has 0 unspecified atom stereocenters. The molecule has 170 valence electrons. The molecule has 0 atom stereocenters. The summed E-state index contributed by atoms with van der Waals surface area (Å²) in [6.07, 6.45) is 0. The molecule has 1 N–H and O–H groups in total. The zero-order valence-corrected chi connectivity index (χ0v) is 19.7. The number of hydrogen-bond donors (Lipinski definition) is 1. The van der Waals surface area contributed by atoms with E-state index in [-0.39, 0.29) is 17.2 Å². The van der Waals surface area contributed by atoms with E-state index in [0.717, 1.165) is 11.4 Å². The lowest BCUT2D eigenvalue weighted by Gasteiger charge is -2.13. The summed E-state index contributed by atoms with van der Waals surface area (Å²) in [5, 5.41) is 8.75. The van der Waals surface area contributed by atoms with Gasteiger partial charge < -0.3 is 10.1 Å². The van der Waals surface area contributed by atoms with Crippen LogP contribution in [0.4, 0.5) is 5.82 Å². The maximum atomic E-state index is 13.0. The van der Waals surface area contributed by atoms with E-state index in [2.05, 4.69) is 15.4 Å². The van der Waals surface area contributed by atoms with Crippen LogP contribution < -0.4 is 10.9 Å². The van der Waals surface area contributed by atoms with Crippen molar-refractivity contribution < 1.29 is 9.53 Å². The van der Waals surface area contributed by atoms with Gasteiger partial charge >= 0.3 is 0 Å². The van der Waals surface area contributed by atoms with E-state index in [0.29, 0.717) is 40.1 Å². The number of fused-ring (bicyclic) bond motifs is 1. The number of halogens is 1. The molecule has 2 heterocycles. The molecular formula is C23H22ClN5O3S. The summed E-state index contributed by atoms with van der Waals surface area (Å²) in [6.45, 7) is 2.53. The van der Waals surface area contributed by atoms with Gasteiger partial charge in [-0.1, -0.05) is 41.6 Å². The highest BCUT2D eigenvalue weighted by molar-refractivity contribution is 7.99. The van der Waals surface area contributed by atoms with Gasteiger partial charge in [0.1, 0.15) is 5.82 Å². The minimum absolute atomic E-state index is 0.0600. The van der Waals surface area contributed by atoms with Gasteiger partial charge in [-0.3, -0.25) is 14.2 Å². The molecule has 10 heteroatoms. The van der Waals surface area contributed by atoms with Gasteiger partial charge in [0.05, 0.1) is 41.2 Å². The summed E-state index contributed by atoms with van der Waals surface area (Å²) in [5.74, 6) is 0.389. The fourth-order valence-corrected chi connectivity index (χ4v) is 4.32. The molecule has 0 aliphatic carbocycles. The number of nitrogens with one attached hydrogen (secondary N) is 1. The SMILES string of the molecule is COCCn1c(SCC(=O)Nc2cc(C)nn2-c2ccccc2)nc2cc(Cl)ccc2c1=O. The molecule has 4 aromatic rings. The van der Waals surface area contributed by atoms with Crippen LogP contribution in [-0.4, -0.2) is 44.7 Å². The smallest absolute Gasteiger partial charge is 0.262 e. The van der Waals surface area contributed by atoms with Crippen LogP contribution in [-0.2, 0) is 16.1 Å². The van der Waals surface area contributed by atoms with Crippen molar-refractivity contribution in [2.45, 2.75) is 18.6 Å². The van der Waals surface area contributed by atoms with Crippen molar-refractivity contribution in [3.8, 4) is 5.69 Å². The number of aromatic nitrogens is 4. The zero-order valence-electron chi connectivity index (χ0n) is 18.1. The molecule has 4 rings (SSSR count). The first-order valence-corrected chi connectivity index (χ1v) is 11.6. The first kappa shape index (κ1) is 23.0. The topological polar surface area (TPSA) is 91.0 Å². The Bertz CT molecular complexity index is 1350. The molecule has 0 saturated heterocycles. The van der Waals surface area contributed by atoms with Crippen LogP contribution >= 0.6 is 23.4 Å². The first-order chi connectivity index (χ1) is 16.0. The van der Waals surface area contributed by atoms with Crippen molar-refractivity contribution in [3.63, 3.8) is 0 Å². The Kier molecular flexibility index (Phi) is 7.12. The summed E-state index contributed by atoms with van der Waals surface area (Å²) in [6, 6.07) is 16.3. The van der Waals surface area contributed by atoms with E-state index in [1.54, 1.807) is 36.1 Å². The molecule has 0 spiro atoms. The van der Waals surface area contributed by atoms with Gasteiger partial charge in [-0.15, -0.1) is 0 Å². The number of hydrogen-bond acceptors (Lipinski definition) is 6. The number of methoxy groups -OCH3 is 1. The molecule has 0 fully saturated rings. The van der Waals surface area contributed by atoms with Gasteiger partial charge in [0.15, 0.2) is 5.16 Å². The van der Waals surface area contributed by atoms with E-state index < -0.39 is 0 Å². The Hall–Kier alpha value is -3.14. The molecule has 0 radical (unpaired) electrons. The number of thioether (sulfide) groups is 1. The predicted octanol–water partition coefficient (Wildman–Crippen LogP) is 3.92. The maximum absolute atomic E-state index is 13.0. The van der Waals surface area contributed by atoms with E-state index in [1.165, 1.54) is 16.3 Å². The summed E-state index contributed by atoms with van der Waals surface area (Å²) in [4.78, 5) is 30.4. The Balaban J connectivity index is 1.56. The second-order valence-corrected chi connectivity index (χ2v) is 8.64. The lowest BCUT2D eigenvalue weighted by Crippen LogP contribution is -2.26. The number of amides is 1. The van der Waals surface area contributed by atoms with Crippen molar-refractivity contribution in [2.75, 3.05) is 24.8 Å². The highest BCUT2D eigenvalue weighted by Crippen LogP contribution is 2.22. The van der Waals surface area contributed by atoms with Gasteiger partial charge in [-0.25, -0.2) is 9.67 Å². The highest BCUT2D eigenvalue weighted by atomic mass is 35.5. The summed E-state index contributed by atoms with van der Waals surface area (Å²) < 4.78 is 8.35. The van der Waals surface area contributed by atoms with Gasteiger partial charge in [0.25, 0.3) is 5.56 Å². The van der Waals surface area contributed by atoms with Crippen molar-refractivity contribution in [1.29, 1.82) is 0 Å². The van der Waals surface area contributed by atoms with Crippen molar-refractivity contribution >= 4 is 46.0 Å². The molecular weight excluding hydrogens is 462 g/mol. The van der Waals surface area contributed by atoms with Crippen LogP contribution in [0.5, 0.6) is 0 Å². The Labute approximate surface area is 199 Å². The molecule has 1 amide bonds. The van der Waals surface area contributed by atoms with E-state index in [9.17, 15) is 9.59 Å². The number of ether oxygens (including phenoxy) is 1. The number of benzene rings is 2. The second kappa shape index (κ2) is 10.2. The van der Waals surface area contributed by atoms with E-state index in [4.69, 9.17) is 16.3 Å². The minimum atomic E-state index is -0.240. The van der Waals surface area contributed by atoms with E-state index >= 15 is 0 Å². The Morgan fingerprint density at radius 1 is 1.18 bits per heavy atom. The van der Waals surface area contributed by atoms with Gasteiger partial charge in [-0.05, 0) is 37.3 Å². The number of carbonyl (C=O) groups excluding carboxylic acids is 1. The molecule has 33 heavy (non-hydrogen) atoms. The minimum Gasteiger partial charge on any atom is -0.383 e. The van der Waals surface area contributed by atoms with Gasteiger partial charge in [0.2, 0.25) is 5.91 Å². The molecule has 0 aliphatic heterocycles. The first-order valence-electron chi connectivity index (χ1n) is 10.2. The van der Waals surface area contributed by atoms with Crippen LogP contribution in [0.1, 0.15) is 5.69 Å². The van der Waals surface area contributed by atoms with Crippen molar-refractivity contribution in [2.24, 2.45) is 0 Å². The third-order valence-electron chi connectivity index (χ3n) is 4.83. The number of para-hydroxylation sites is 1. The third-order valence-corrected chi connectivity index (χ3v) is 6.04. The Morgan fingerprint density at radius 3 is 2.73 bits per heavy atom. The maximum Gasteiger partial charge on any atom is 0.262 e. The average molecular weight is 484 g/mol. The molecule has 0 aliphatic rings. The number of nitrogens with zero attached hydrogens (tertiary/aromatic N) is 4. The van der Waals surface area contributed by atoms with Crippen LogP contribution in [0.25, 0.3) is 16.6 Å². The largest absolute Gasteiger partial charge is 0.383 e. The third kappa shape index (κ3) is 5.27. The van der Waals surface area contributed by atoms with Gasteiger partial charge in [-0.2, -0.15) is 5.10 Å². The lowest BCUT2D eigenvalue weighted by atomic mass is 10.2. The fourth-order valence-electron chi connectivity index (χ4n) is 3.33. The summed E-state index contributed by atoms with van der Waals surface area (Å²) >= 11 is 7.26. The van der Waals surface area contributed by atoms with Crippen LogP contribution in [0.15, 0.2) is 64.5 Å². The molecule has 0 saturated carbocycles. The summed E-state index contributed by atoms with van der Waals surface area (Å²) in [5.41, 5.74) is 1.91. The lowest BCUT2D eigenvalue weighted by molar-refractivity contribution is -0.113. The molecule has 2 aromatic heterocycles. The predicted molar refractivity (Wildman–Crippen MR) is 131 cm³/mol. The van der Waals surface area contributed by atoms with Crippen molar-refractivity contribution in [3.05, 3.63) is 75.7 Å². The molecule has 0 bridgehead atoms. The average Bonchev–Trinajstić information content (AvgIpc) is 3.17. The number of carbonyl (C=O) groups is 1. The second-order valence-electron chi connectivity index (χ2n) is 7.26. The number of anilines is 1. The van der Waals surface area contributed by atoms with Crippen LogP contribution in [0, 0.1) is 6.92 Å². The van der Waals surface area contributed by atoms with Crippen molar-refractivity contribution in [1.82, 2.24) is 19.3 Å². The zero-order chi connectivity index (χ0) is 23.4. The van der Waals surface area contributed by atoms with Gasteiger partial charge in [0, 0.05) is 18.2 Å². The number of rotatable bonds is 8. The fraction of sp³-hybridized carbons (Fsp3) is 0.217. The van der Waals surface area contributed by atoms with E-state index in [1.807, 2.05) is 37.3 Å². The standard InChI is InChI=1S/C23H22ClN5O3S/c1-15-12-20(29(27-15)17-6-4-3-5-7-17)26-21(30)14-33-23-25-19-13-16(24)8-9-18(19)22(31)28(23)10-11-32-2/h3-9,12-13H,10-11,14H2,1-2H3,(H,26,30). The monoisotopic (exact) mass is 483 g/mol. The molecule has 8 nitrogen and oxygen atoms in total. The quantitative estimate of drug-likeness (QED) is 0.302. The van der Waals surface area contributed by atoms with Crippen LogP contribution in [0.2, 0.25) is 5.02 Å². The number of aryl methyl sites for hydroxylation is 1. The Morgan fingerprint density at radius 2 is 1.97 bits per heavy atom. The highest BCUT2D eigenvalue weighted by Gasteiger charge is 2.15. The summed E-state index contributed by atoms with van der Waals surface area (Å²) in [7, 11) is 1.57. The van der Waals surface area contributed by atoms with Crippen LogP contribution in [0.3, 0.4) is 0 Å². The normalized spacial score (nSPS) is 11.1. The molecule has 2 aromatic carbocycles.